The van der Waals surface area contributed by atoms with Gasteiger partial charge in [0.05, 0.1) is 17.9 Å². The maximum absolute atomic E-state index is 12.2. The van der Waals surface area contributed by atoms with Crippen LogP contribution in [0.4, 0.5) is 0 Å². The number of benzene rings is 1. The van der Waals surface area contributed by atoms with E-state index < -0.39 is 34.4 Å². The second kappa shape index (κ2) is 5.70. The summed E-state index contributed by atoms with van der Waals surface area (Å²) in [5.74, 6) is -1.77. The molecule has 9 heteroatoms. The largest absolute Gasteiger partial charge is 0.493 e. The third-order valence-electron chi connectivity index (χ3n) is 2.97. The number of amides is 1. The zero-order valence-corrected chi connectivity index (χ0v) is 11.7. The number of ether oxygens (including phenoxy) is 1. The number of fused-ring (bicyclic) bond motifs is 1. The molecule has 1 aromatic rings. The smallest absolute Gasteiger partial charge is 0.322 e. The molecule has 4 N–H and O–H groups in total. The number of hydrogen-bond donors (Lipinski definition) is 3. The molecule has 21 heavy (non-hydrogen) atoms. The van der Waals surface area contributed by atoms with Crippen molar-refractivity contribution in [1.82, 2.24) is 4.72 Å². The van der Waals surface area contributed by atoms with Crippen LogP contribution in [0.3, 0.4) is 0 Å². The van der Waals surface area contributed by atoms with E-state index in [0.29, 0.717) is 18.8 Å². The number of nitrogens with two attached hydrogens (primary N) is 1. The molecule has 1 aliphatic heterocycles. The van der Waals surface area contributed by atoms with Crippen LogP contribution in [0.1, 0.15) is 12.0 Å². The Kier molecular flexibility index (Phi) is 4.14. The number of carbonyl (C=O) groups is 2. The topological polar surface area (TPSA) is 136 Å². The molecule has 0 saturated carbocycles. The van der Waals surface area contributed by atoms with Gasteiger partial charge in [-0.1, -0.05) is 0 Å². The molecule has 1 amide bonds. The Balaban J connectivity index is 2.24. The lowest BCUT2D eigenvalue weighted by molar-refractivity contribution is -0.140. The molecule has 0 radical (unpaired) electrons. The maximum atomic E-state index is 12.2. The molecule has 114 valence electrons. The van der Waals surface area contributed by atoms with E-state index in [0.717, 1.165) is 5.56 Å². The first-order valence-corrected chi connectivity index (χ1v) is 7.57. The molecule has 0 aliphatic carbocycles. The maximum Gasteiger partial charge on any atom is 0.322 e. The molecular weight excluding hydrogens is 300 g/mol. The average Bonchev–Trinajstić information content (AvgIpc) is 2.84. The van der Waals surface area contributed by atoms with Gasteiger partial charge >= 0.3 is 5.97 Å². The fourth-order valence-corrected chi connectivity index (χ4v) is 3.21. The molecule has 2 rings (SSSR count). The van der Waals surface area contributed by atoms with Crippen molar-refractivity contribution in [2.75, 3.05) is 6.61 Å². The minimum absolute atomic E-state index is 0.0810. The average molecular weight is 314 g/mol. The van der Waals surface area contributed by atoms with Gasteiger partial charge in [0.25, 0.3) is 0 Å². The van der Waals surface area contributed by atoms with Crippen LogP contribution in [0.15, 0.2) is 23.1 Å². The number of primary amides is 1. The predicted molar refractivity (Wildman–Crippen MR) is 71.2 cm³/mol. The Morgan fingerprint density at radius 2 is 2.14 bits per heavy atom. The summed E-state index contributed by atoms with van der Waals surface area (Å²) in [6.07, 6.45) is -0.0368. The van der Waals surface area contributed by atoms with Crippen LogP contribution in [0.25, 0.3) is 0 Å². The van der Waals surface area contributed by atoms with Gasteiger partial charge in [-0.3, -0.25) is 9.59 Å². The molecule has 1 heterocycles. The summed E-state index contributed by atoms with van der Waals surface area (Å²) >= 11 is 0. The number of sulfonamides is 1. The van der Waals surface area contributed by atoms with Gasteiger partial charge in [-0.2, -0.15) is 4.72 Å². The Morgan fingerprint density at radius 1 is 1.43 bits per heavy atom. The lowest BCUT2D eigenvalue weighted by atomic mass is 10.2. The number of carboxylic acids is 1. The second-order valence-electron chi connectivity index (χ2n) is 4.55. The van der Waals surface area contributed by atoms with Gasteiger partial charge in [-0.05, 0) is 23.8 Å². The van der Waals surface area contributed by atoms with Gasteiger partial charge in [0.2, 0.25) is 15.9 Å². The summed E-state index contributed by atoms with van der Waals surface area (Å²) < 4.78 is 31.6. The fourth-order valence-electron chi connectivity index (χ4n) is 1.97. The van der Waals surface area contributed by atoms with Crippen LogP contribution in [-0.4, -0.2) is 38.0 Å². The Morgan fingerprint density at radius 3 is 2.76 bits per heavy atom. The zero-order valence-electron chi connectivity index (χ0n) is 10.9. The van der Waals surface area contributed by atoms with Gasteiger partial charge in [-0.25, -0.2) is 8.42 Å². The molecule has 1 aromatic carbocycles. The Hall–Kier alpha value is -2.13. The Labute approximate surface area is 120 Å². The van der Waals surface area contributed by atoms with E-state index in [-0.39, 0.29) is 4.90 Å². The third-order valence-corrected chi connectivity index (χ3v) is 4.44. The van der Waals surface area contributed by atoms with E-state index in [1.54, 1.807) is 0 Å². The van der Waals surface area contributed by atoms with Crippen LogP contribution in [0.5, 0.6) is 5.75 Å². The van der Waals surface area contributed by atoms with Gasteiger partial charge in [0.15, 0.2) is 0 Å². The van der Waals surface area contributed by atoms with Crippen LogP contribution in [0.2, 0.25) is 0 Å². The molecule has 0 aromatic heterocycles. The SMILES string of the molecule is NC(=O)C[C@H](NS(=O)(=O)c1ccc2c(c1)CCO2)C(=O)O. The van der Waals surface area contributed by atoms with E-state index >= 15 is 0 Å². The van der Waals surface area contributed by atoms with E-state index in [9.17, 15) is 18.0 Å². The summed E-state index contributed by atoms with van der Waals surface area (Å²) in [6, 6.07) is 2.65. The van der Waals surface area contributed by atoms with Crippen molar-refractivity contribution in [2.24, 2.45) is 5.73 Å². The minimum Gasteiger partial charge on any atom is -0.493 e. The highest BCUT2D eigenvalue weighted by Crippen LogP contribution is 2.27. The molecule has 0 bridgehead atoms. The predicted octanol–water partition coefficient (Wildman–Crippen LogP) is -0.772. The molecule has 0 saturated heterocycles. The van der Waals surface area contributed by atoms with Crippen molar-refractivity contribution in [2.45, 2.75) is 23.8 Å². The summed E-state index contributed by atoms with van der Waals surface area (Å²) in [5.41, 5.74) is 5.64. The van der Waals surface area contributed by atoms with Crippen LogP contribution < -0.4 is 15.2 Å². The normalized spacial score (nSPS) is 15.0. The third kappa shape index (κ3) is 3.50. The summed E-state index contributed by atoms with van der Waals surface area (Å²) in [7, 11) is -4.07. The molecule has 8 nitrogen and oxygen atoms in total. The number of carbonyl (C=O) groups excluding carboxylic acids is 1. The monoisotopic (exact) mass is 314 g/mol. The van der Waals surface area contributed by atoms with Crippen LogP contribution in [-0.2, 0) is 26.0 Å². The molecular formula is C12H14N2O6S. The highest BCUT2D eigenvalue weighted by atomic mass is 32.2. The number of carboxylic acid groups (broad SMARTS) is 1. The van der Waals surface area contributed by atoms with Crippen LogP contribution in [0, 0.1) is 0 Å². The summed E-state index contributed by atoms with van der Waals surface area (Å²) in [6.45, 7) is 0.478. The van der Waals surface area contributed by atoms with Gasteiger partial charge in [-0.15, -0.1) is 0 Å². The van der Waals surface area contributed by atoms with E-state index in [4.69, 9.17) is 15.6 Å². The van der Waals surface area contributed by atoms with Crippen molar-refractivity contribution in [3.63, 3.8) is 0 Å². The standard InChI is InChI=1S/C12H14N2O6S/c13-11(15)6-9(12(16)17)14-21(18,19)8-1-2-10-7(5-8)3-4-20-10/h1-2,5,9,14H,3-4,6H2,(H2,13,15)(H,16,17)/t9-/m0/s1. The lowest BCUT2D eigenvalue weighted by Crippen LogP contribution is -2.43. The van der Waals surface area contributed by atoms with Gasteiger partial charge in [0.1, 0.15) is 11.8 Å². The highest BCUT2D eigenvalue weighted by Gasteiger charge is 2.27. The quantitative estimate of drug-likeness (QED) is 0.630. The second-order valence-corrected chi connectivity index (χ2v) is 6.26. The number of nitrogens with one attached hydrogen (secondary N) is 1. The van der Waals surface area contributed by atoms with Gasteiger partial charge in [0, 0.05) is 6.42 Å². The van der Waals surface area contributed by atoms with Gasteiger partial charge < -0.3 is 15.6 Å². The van der Waals surface area contributed by atoms with E-state index in [1.165, 1.54) is 18.2 Å². The van der Waals surface area contributed by atoms with Crippen molar-refractivity contribution >= 4 is 21.9 Å². The van der Waals surface area contributed by atoms with E-state index in [2.05, 4.69) is 0 Å². The highest BCUT2D eigenvalue weighted by molar-refractivity contribution is 7.89. The number of hydrogen-bond acceptors (Lipinski definition) is 5. The molecule has 0 unspecified atom stereocenters. The first-order chi connectivity index (χ1) is 9.79. The lowest BCUT2D eigenvalue weighted by Gasteiger charge is -2.13. The summed E-state index contributed by atoms with van der Waals surface area (Å²) in [4.78, 5) is 21.7. The minimum atomic E-state index is -4.07. The van der Waals surface area contributed by atoms with Crippen molar-refractivity contribution in [1.29, 1.82) is 0 Å². The molecule has 0 fully saturated rings. The number of rotatable bonds is 6. The number of aliphatic carboxylic acids is 1. The molecule has 1 aliphatic rings. The Bertz CT molecular complexity index is 685. The first-order valence-electron chi connectivity index (χ1n) is 6.09. The first kappa shape index (κ1) is 15.3. The van der Waals surface area contributed by atoms with Crippen molar-refractivity contribution in [3.05, 3.63) is 23.8 Å². The van der Waals surface area contributed by atoms with E-state index in [1.807, 2.05) is 4.72 Å². The van der Waals surface area contributed by atoms with Crippen molar-refractivity contribution < 1.29 is 27.9 Å². The molecule has 0 spiro atoms. The zero-order chi connectivity index (χ0) is 15.6. The fraction of sp³-hybridized carbons (Fsp3) is 0.333. The molecule has 1 atom stereocenters. The van der Waals surface area contributed by atoms with Crippen molar-refractivity contribution in [3.8, 4) is 5.75 Å². The summed E-state index contributed by atoms with van der Waals surface area (Å²) in [5, 5.41) is 8.93. The van der Waals surface area contributed by atoms with Crippen LogP contribution >= 0.6 is 0 Å².